The average molecular weight is 461 g/mol. The molecule has 164 valence electrons. The fourth-order valence-electron chi connectivity index (χ4n) is 4.56. The molecule has 6 heteroatoms. The van der Waals surface area contributed by atoms with Crippen LogP contribution in [-0.2, 0) is 4.74 Å². The predicted molar refractivity (Wildman–Crippen MR) is 126 cm³/mol. The number of cyclic esters (lactones) is 1. The van der Waals surface area contributed by atoms with Crippen LogP contribution in [0.25, 0.3) is 0 Å². The van der Waals surface area contributed by atoms with E-state index in [0.717, 1.165) is 15.9 Å². The molecule has 0 radical (unpaired) electrons. The van der Waals surface area contributed by atoms with E-state index in [4.69, 9.17) is 9.47 Å². The van der Waals surface area contributed by atoms with Crippen molar-refractivity contribution in [3.8, 4) is 5.75 Å². The van der Waals surface area contributed by atoms with Crippen molar-refractivity contribution in [1.29, 1.82) is 0 Å². The molecule has 0 aromatic heterocycles. The van der Waals surface area contributed by atoms with Gasteiger partial charge in [0.15, 0.2) is 24.6 Å². The first-order valence-electron chi connectivity index (χ1n) is 10.4. The second-order valence-corrected chi connectivity index (χ2v) is 11.1. The van der Waals surface area contributed by atoms with Gasteiger partial charge in [0.05, 0.1) is 12.7 Å². The molecule has 5 rings (SSSR count). The molecule has 1 aliphatic heterocycles. The molecule has 0 N–H and O–H groups in total. The number of carbonyl (C=O) groups is 1. The van der Waals surface area contributed by atoms with Gasteiger partial charge in [0, 0.05) is 0 Å². The first-order chi connectivity index (χ1) is 16.1. The molecule has 1 aliphatic rings. The maximum absolute atomic E-state index is 15.2. The summed E-state index contributed by atoms with van der Waals surface area (Å²) in [6, 6.07) is 30.3. The van der Waals surface area contributed by atoms with Crippen LogP contribution in [0.4, 0.5) is 8.78 Å². The summed E-state index contributed by atoms with van der Waals surface area (Å²) < 4.78 is 40.9. The highest BCUT2D eigenvalue weighted by molar-refractivity contribution is 7.95. The Bertz CT molecular complexity index is 1220. The van der Waals surface area contributed by atoms with Crippen LogP contribution < -0.4 is 20.7 Å². The van der Waals surface area contributed by atoms with Gasteiger partial charge in [0.2, 0.25) is 5.85 Å². The van der Waals surface area contributed by atoms with Crippen molar-refractivity contribution < 1.29 is 23.0 Å². The quantitative estimate of drug-likeness (QED) is 0.305. The summed E-state index contributed by atoms with van der Waals surface area (Å²) in [5.41, 5.74) is -0.0777. The molecule has 3 nitrogen and oxygen atoms in total. The van der Waals surface area contributed by atoms with Gasteiger partial charge >= 0.3 is 5.97 Å². The van der Waals surface area contributed by atoms with Crippen LogP contribution in [0.1, 0.15) is 21.8 Å². The summed E-state index contributed by atoms with van der Waals surface area (Å²) in [5, 5.41) is 2.80. The molecule has 0 fully saturated rings. The zero-order valence-electron chi connectivity index (χ0n) is 17.7. The Morgan fingerprint density at radius 3 is 1.67 bits per heavy atom. The lowest BCUT2D eigenvalue weighted by molar-refractivity contribution is 0.0511. The number of hydrogen-bond acceptors (Lipinski definition) is 3. The molecule has 0 amide bonds. The van der Waals surface area contributed by atoms with Gasteiger partial charge in [0.25, 0.3) is 0 Å². The van der Waals surface area contributed by atoms with E-state index >= 15 is 4.39 Å². The van der Waals surface area contributed by atoms with E-state index in [-0.39, 0.29) is 11.1 Å². The summed E-state index contributed by atoms with van der Waals surface area (Å²) in [5.74, 6) is -4.22. The van der Waals surface area contributed by atoms with Crippen LogP contribution in [0, 0.1) is 11.6 Å². The molecular formula is C27H20F2O3P+. The first-order valence-corrected chi connectivity index (χ1v) is 12.3. The molecule has 0 spiro atoms. The number of hydrogen-bond donors (Lipinski definition) is 0. The zero-order valence-corrected chi connectivity index (χ0v) is 18.6. The fourth-order valence-corrected chi connectivity index (χ4v) is 9.07. The van der Waals surface area contributed by atoms with E-state index in [0.29, 0.717) is 0 Å². The van der Waals surface area contributed by atoms with Crippen molar-refractivity contribution >= 4 is 29.1 Å². The highest BCUT2D eigenvalue weighted by Gasteiger charge is 2.59. The molecule has 0 saturated heterocycles. The number of halogens is 2. The van der Waals surface area contributed by atoms with Gasteiger partial charge in [-0.25, -0.2) is 13.6 Å². The van der Waals surface area contributed by atoms with Gasteiger partial charge in [-0.1, -0.05) is 54.6 Å². The summed E-state index contributed by atoms with van der Waals surface area (Å²) in [6.45, 7) is 0. The third-order valence-electron chi connectivity index (χ3n) is 5.94. The number of fused-ring (bicyclic) bond motifs is 1. The lowest BCUT2D eigenvalue weighted by atomic mass is 10.1. The fraction of sp³-hybridized carbons (Fsp3) is 0.0741. The van der Waals surface area contributed by atoms with Crippen LogP contribution in [0.2, 0.25) is 0 Å². The summed E-state index contributed by atoms with van der Waals surface area (Å²) in [6.07, 6.45) is 0. The number of rotatable bonds is 5. The summed E-state index contributed by atoms with van der Waals surface area (Å²) in [7, 11) is -1.58. The monoisotopic (exact) mass is 461 g/mol. The van der Waals surface area contributed by atoms with Crippen molar-refractivity contribution in [1.82, 2.24) is 0 Å². The van der Waals surface area contributed by atoms with Crippen molar-refractivity contribution in [3.63, 3.8) is 0 Å². The Morgan fingerprint density at radius 2 is 1.24 bits per heavy atom. The Kier molecular flexibility index (Phi) is 5.43. The number of benzene rings is 4. The van der Waals surface area contributed by atoms with Crippen molar-refractivity contribution in [2.75, 3.05) is 7.11 Å². The van der Waals surface area contributed by atoms with Gasteiger partial charge in [-0.3, -0.25) is 0 Å². The molecule has 1 atom stereocenters. The molecule has 0 bridgehead atoms. The Labute approximate surface area is 190 Å². The second kappa shape index (κ2) is 8.42. The predicted octanol–water partition coefficient (Wildman–Crippen LogP) is 5.14. The normalized spacial score (nSPS) is 15.1. The first kappa shape index (κ1) is 21.3. The maximum Gasteiger partial charge on any atom is 0.345 e. The van der Waals surface area contributed by atoms with Gasteiger partial charge in [0.1, 0.15) is 21.5 Å². The van der Waals surface area contributed by atoms with E-state index in [9.17, 15) is 9.18 Å². The highest BCUT2D eigenvalue weighted by Crippen LogP contribution is 2.69. The van der Waals surface area contributed by atoms with Crippen molar-refractivity contribution in [3.05, 3.63) is 120 Å². The largest absolute Gasteiger partial charge is 0.491 e. The average Bonchev–Trinajstić information content (AvgIpc) is 3.18. The van der Waals surface area contributed by atoms with Gasteiger partial charge in [-0.15, -0.1) is 0 Å². The lowest BCUT2D eigenvalue weighted by Crippen LogP contribution is -2.35. The lowest BCUT2D eigenvalue weighted by Gasteiger charge is -2.31. The molecule has 4 aromatic carbocycles. The molecule has 0 saturated carbocycles. The third kappa shape index (κ3) is 3.23. The number of carbonyl (C=O) groups excluding carboxylic acids is 1. The minimum Gasteiger partial charge on any atom is -0.491 e. The molecule has 0 aliphatic carbocycles. The van der Waals surface area contributed by atoms with Crippen molar-refractivity contribution in [2.24, 2.45) is 0 Å². The molecule has 4 aromatic rings. The van der Waals surface area contributed by atoms with E-state index in [1.807, 2.05) is 91.0 Å². The summed E-state index contributed by atoms with van der Waals surface area (Å²) >= 11 is 0. The maximum atomic E-state index is 15.2. The topological polar surface area (TPSA) is 35.5 Å². The smallest absolute Gasteiger partial charge is 0.345 e. The van der Waals surface area contributed by atoms with E-state index in [1.54, 1.807) is 0 Å². The van der Waals surface area contributed by atoms with Crippen LogP contribution >= 0.6 is 7.26 Å². The Hall–Kier alpha value is -3.56. The van der Waals surface area contributed by atoms with E-state index in [2.05, 4.69) is 0 Å². The van der Waals surface area contributed by atoms with Gasteiger partial charge in [-0.2, -0.15) is 0 Å². The van der Waals surface area contributed by atoms with Crippen LogP contribution in [0.3, 0.4) is 0 Å². The minimum absolute atomic E-state index is 0.195. The molecule has 1 heterocycles. The highest BCUT2D eigenvalue weighted by atomic mass is 31.2. The molecular weight excluding hydrogens is 441 g/mol. The van der Waals surface area contributed by atoms with E-state index < -0.39 is 36.5 Å². The minimum atomic E-state index is -2.75. The Morgan fingerprint density at radius 1 is 0.788 bits per heavy atom. The van der Waals surface area contributed by atoms with Crippen molar-refractivity contribution in [2.45, 2.75) is 5.85 Å². The van der Waals surface area contributed by atoms with Gasteiger partial charge in [-0.05, 0) is 42.5 Å². The standard InChI is InChI=1S/C27H20F2O3P/c1-31-25-22(28)17-21-23(24(25)29)26(30)32-27(21)33(18-11-5-2-6-12-18,19-13-7-3-8-14-19)20-15-9-4-10-16-20/h2-17,27H,1H3/q+1. The molecule has 1 unspecified atom stereocenters. The van der Waals surface area contributed by atoms with Gasteiger partial charge < -0.3 is 9.47 Å². The van der Waals surface area contributed by atoms with E-state index in [1.165, 1.54) is 13.2 Å². The second-order valence-electron chi connectivity index (χ2n) is 7.66. The van der Waals surface area contributed by atoms with Crippen LogP contribution in [0.15, 0.2) is 97.1 Å². The summed E-state index contributed by atoms with van der Waals surface area (Å²) in [4.78, 5) is 13.0. The number of ether oxygens (including phenoxy) is 2. The third-order valence-corrected chi connectivity index (χ3v) is 10.4. The number of esters is 1. The van der Waals surface area contributed by atoms with Crippen LogP contribution in [0.5, 0.6) is 5.75 Å². The SMILES string of the molecule is COc1c(F)cc2c(c1F)C(=O)OC2[P+](c1ccccc1)(c1ccccc1)c1ccccc1. The zero-order chi connectivity index (χ0) is 23.0. The molecule has 33 heavy (non-hydrogen) atoms. The van der Waals surface area contributed by atoms with Crippen LogP contribution in [-0.4, -0.2) is 13.1 Å². The Balaban J connectivity index is 1.90. The number of methoxy groups -OCH3 is 1.